The van der Waals surface area contributed by atoms with E-state index in [9.17, 15) is 19.4 Å². The lowest BCUT2D eigenvalue weighted by atomic mass is 9.96. The third-order valence-electron chi connectivity index (χ3n) is 8.67. The minimum atomic E-state index is -1.03. The van der Waals surface area contributed by atoms with Crippen molar-refractivity contribution in [1.29, 1.82) is 0 Å². The van der Waals surface area contributed by atoms with E-state index >= 15 is 4.39 Å². The van der Waals surface area contributed by atoms with Crippen LogP contribution in [0.2, 0.25) is 10.0 Å². The van der Waals surface area contributed by atoms with Crippen molar-refractivity contribution in [3.05, 3.63) is 105 Å². The molecule has 4 aromatic rings. The Balaban J connectivity index is 1.24. The molecule has 0 aromatic heterocycles. The van der Waals surface area contributed by atoms with Gasteiger partial charge in [0, 0.05) is 16.7 Å². The lowest BCUT2D eigenvalue weighted by Crippen LogP contribution is -2.17. The fourth-order valence-electron chi connectivity index (χ4n) is 6.28. The molecule has 2 aliphatic rings. The maximum Gasteiger partial charge on any atom is 0.308 e. The number of carbonyl (C=O) groups is 1. The molecule has 252 valence electrons. The molecule has 1 heterocycles. The van der Waals surface area contributed by atoms with Gasteiger partial charge in [-0.2, -0.15) is 0 Å². The number of benzene rings is 4. The Labute approximate surface area is 286 Å². The highest BCUT2D eigenvalue weighted by atomic mass is 35.5. The second-order valence-corrected chi connectivity index (χ2v) is 12.7. The molecule has 2 atom stereocenters. The SMILES string of the molecule is O=C(O)C(CO)CCCCc1cc(Cl)c(O[C@H]2CCc3c(-c4ccc5c(c4F)OCCO5)cccc32)cc1OCc1cc(F)cc(Cl)c1. The van der Waals surface area contributed by atoms with E-state index in [1.54, 1.807) is 30.3 Å². The molecule has 0 saturated heterocycles. The van der Waals surface area contributed by atoms with Gasteiger partial charge < -0.3 is 29.2 Å². The Morgan fingerprint density at radius 1 is 0.979 bits per heavy atom. The van der Waals surface area contributed by atoms with Crippen LogP contribution in [0.3, 0.4) is 0 Å². The van der Waals surface area contributed by atoms with Crippen molar-refractivity contribution in [2.75, 3.05) is 19.8 Å². The zero-order chi connectivity index (χ0) is 33.8. The summed E-state index contributed by atoms with van der Waals surface area (Å²) in [5, 5.41) is 19.2. The van der Waals surface area contributed by atoms with Crippen molar-refractivity contribution in [3.63, 3.8) is 0 Å². The lowest BCUT2D eigenvalue weighted by Gasteiger charge is -2.21. The summed E-state index contributed by atoms with van der Waals surface area (Å²) in [6, 6.07) is 16.8. The maximum absolute atomic E-state index is 15.6. The molecule has 1 unspecified atom stereocenters. The molecular weight excluding hydrogens is 665 g/mol. The van der Waals surface area contributed by atoms with Gasteiger partial charge in [-0.3, -0.25) is 4.79 Å². The Kier molecular flexibility index (Phi) is 10.6. The predicted molar refractivity (Wildman–Crippen MR) is 177 cm³/mol. The number of hydrogen-bond acceptors (Lipinski definition) is 6. The van der Waals surface area contributed by atoms with Gasteiger partial charge in [-0.05, 0) is 96.3 Å². The number of aryl methyl sites for hydroxylation is 1. The first-order valence-electron chi connectivity index (χ1n) is 15.8. The van der Waals surface area contributed by atoms with Crippen molar-refractivity contribution < 1.29 is 42.7 Å². The average molecular weight is 700 g/mol. The van der Waals surface area contributed by atoms with Gasteiger partial charge in [0.25, 0.3) is 0 Å². The van der Waals surface area contributed by atoms with Gasteiger partial charge in [-0.25, -0.2) is 8.78 Å². The van der Waals surface area contributed by atoms with E-state index < -0.39 is 30.1 Å². The third kappa shape index (κ3) is 7.48. The topological polar surface area (TPSA) is 94.5 Å². The van der Waals surface area contributed by atoms with E-state index in [1.165, 1.54) is 12.1 Å². The monoisotopic (exact) mass is 698 g/mol. The number of aliphatic hydroxyl groups is 1. The molecule has 0 bridgehead atoms. The molecule has 1 aliphatic carbocycles. The molecule has 0 spiro atoms. The number of aliphatic hydroxyl groups excluding tert-OH is 1. The summed E-state index contributed by atoms with van der Waals surface area (Å²) in [6.07, 6.45) is 2.99. The van der Waals surface area contributed by atoms with Gasteiger partial charge >= 0.3 is 5.97 Å². The largest absolute Gasteiger partial charge is 0.488 e. The van der Waals surface area contributed by atoms with E-state index in [2.05, 4.69) is 0 Å². The highest BCUT2D eigenvalue weighted by Gasteiger charge is 2.30. The summed E-state index contributed by atoms with van der Waals surface area (Å²) in [6.45, 7) is 0.272. The minimum Gasteiger partial charge on any atom is -0.488 e. The van der Waals surface area contributed by atoms with Gasteiger partial charge in [0.15, 0.2) is 17.3 Å². The number of aliphatic carboxylic acids is 1. The molecule has 0 saturated carbocycles. The van der Waals surface area contributed by atoms with E-state index in [1.807, 2.05) is 18.2 Å². The molecule has 0 radical (unpaired) electrons. The molecule has 48 heavy (non-hydrogen) atoms. The number of unbranched alkanes of at least 4 members (excludes halogenated alkanes) is 1. The first-order valence-corrected chi connectivity index (χ1v) is 16.6. The van der Waals surface area contributed by atoms with Crippen LogP contribution in [0.1, 0.15) is 54.0 Å². The minimum absolute atomic E-state index is 0.0356. The molecule has 1 aliphatic heterocycles. The summed E-state index contributed by atoms with van der Waals surface area (Å²) in [7, 11) is 0. The Morgan fingerprint density at radius 2 is 1.81 bits per heavy atom. The zero-order valence-electron chi connectivity index (χ0n) is 25.9. The lowest BCUT2D eigenvalue weighted by molar-refractivity contribution is -0.143. The van der Waals surface area contributed by atoms with Crippen molar-refractivity contribution in [2.24, 2.45) is 5.92 Å². The number of halogens is 4. The van der Waals surface area contributed by atoms with Crippen molar-refractivity contribution >= 4 is 29.2 Å². The van der Waals surface area contributed by atoms with E-state index in [-0.39, 0.29) is 30.1 Å². The molecule has 0 fully saturated rings. The van der Waals surface area contributed by atoms with Crippen LogP contribution in [-0.2, 0) is 24.2 Å². The zero-order valence-corrected chi connectivity index (χ0v) is 27.5. The van der Waals surface area contributed by atoms with Gasteiger partial charge in [0.2, 0.25) is 0 Å². The fourth-order valence-corrected chi connectivity index (χ4v) is 6.76. The fraction of sp³-hybridized carbons (Fsp3) is 0.324. The summed E-state index contributed by atoms with van der Waals surface area (Å²) < 4.78 is 53.4. The first kappa shape index (κ1) is 33.8. The number of carboxylic acids is 1. The smallest absolute Gasteiger partial charge is 0.308 e. The highest BCUT2D eigenvalue weighted by molar-refractivity contribution is 6.32. The Bertz CT molecular complexity index is 1800. The summed E-state index contributed by atoms with van der Waals surface area (Å²) in [4.78, 5) is 11.3. The molecule has 0 amide bonds. The van der Waals surface area contributed by atoms with Crippen LogP contribution in [0.25, 0.3) is 11.1 Å². The van der Waals surface area contributed by atoms with Crippen molar-refractivity contribution in [3.8, 4) is 34.1 Å². The van der Waals surface area contributed by atoms with Gasteiger partial charge in [-0.15, -0.1) is 0 Å². The van der Waals surface area contributed by atoms with Crippen molar-refractivity contribution in [2.45, 2.75) is 51.2 Å². The van der Waals surface area contributed by atoms with E-state index in [4.69, 9.17) is 42.1 Å². The molecular formula is C37H34Cl2F2O7. The number of carboxylic acid groups (broad SMARTS) is 1. The van der Waals surface area contributed by atoms with Crippen LogP contribution in [0.4, 0.5) is 8.78 Å². The average Bonchev–Trinajstić information content (AvgIpc) is 3.48. The molecule has 11 heteroatoms. The Morgan fingerprint density at radius 3 is 2.60 bits per heavy atom. The second kappa shape index (κ2) is 15.0. The van der Waals surface area contributed by atoms with Crippen LogP contribution in [0.15, 0.2) is 60.7 Å². The summed E-state index contributed by atoms with van der Waals surface area (Å²) in [5.74, 6) is -1.39. The second-order valence-electron chi connectivity index (χ2n) is 11.9. The van der Waals surface area contributed by atoms with Crippen molar-refractivity contribution in [1.82, 2.24) is 0 Å². The van der Waals surface area contributed by atoms with Crippen LogP contribution in [0.5, 0.6) is 23.0 Å². The van der Waals surface area contributed by atoms with Gasteiger partial charge in [0.05, 0.1) is 17.5 Å². The quantitative estimate of drug-likeness (QED) is 0.135. The molecule has 2 N–H and O–H groups in total. The third-order valence-corrected chi connectivity index (χ3v) is 9.19. The van der Waals surface area contributed by atoms with E-state index in [0.29, 0.717) is 78.5 Å². The standard InChI is InChI=1S/C37H34Cl2F2O7/c38-24-14-21(15-25(40)17-24)20-47-33-18-34(30(39)16-22(33)4-1-2-5-23(19-42)37(43)44)48-31-10-8-27-26(6-3-7-28(27)31)29-9-11-32-36(35(29)41)46-13-12-45-32/h3,6-7,9,11,14-18,23,31,42H,1-2,4-5,8,10,12-13,19-20H2,(H,43,44)/t23?,31-/m0/s1. The van der Waals surface area contributed by atoms with Crippen LogP contribution in [-0.4, -0.2) is 36.0 Å². The molecule has 6 rings (SSSR count). The van der Waals surface area contributed by atoms with Crippen LogP contribution >= 0.6 is 23.2 Å². The number of fused-ring (bicyclic) bond motifs is 2. The van der Waals surface area contributed by atoms with Crippen LogP contribution < -0.4 is 18.9 Å². The highest BCUT2D eigenvalue weighted by Crippen LogP contribution is 2.45. The molecule has 7 nitrogen and oxygen atoms in total. The predicted octanol–water partition coefficient (Wildman–Crippen LogP) is 8.76. The molecule has 4 aromatic carbocycles. The maximum atomic E-state index is 15.6. The number of rotatable bonds is 13. The van der Waals surface area contributed by atoms with Crippen LogP contribution in [0, 0.1) is 17.6 Å². The first-order chi connectivity index (χ1) is 23.2. The van der Waals surface area contributed by atoms with E-state index in [0.717, 1.165) is 22.3 Å². The van der Waals surface area contributed by atoms with Gasteiger partial charge in [-0.1, -0.05) is 47.8 Å². The Hall–Kier alpha value is -4.05. The van der Waals surface area contributed by atoms with Gasteiger partial charge in [0.1, 0.15) is 43.2 Å². The normalized spacial score (nSPS) is 15.6. The number of ether oxygens (including phenoxy) is 4. The number of hydrogen-bond donors (Lipinski definition) is 2. The summed E-state index contributed by atoms with van der Waals surface area (Å²) in [5.41, 5.74) is 4.41. The summed E-state index contributed by atoms with van der Waals surface area (Å²) >= 11 is 12.8.